The molecule has 0 atom stereocenters. The zero-order chi connectivity index (χ0) is 19.6. The van der Waals surface area contributed by atoms with Gasteiger partial charge in [0.2, 0.25) is 0 Å². The maximum atomic E-state index is 5.77. The van der Waals surface area contributed by atoms with Crippen molar-refractivity contribution < 1.29 is 9.15 Å². The number of hydrogen-bond donors (Lipinski definition) is 0. The summed E-state index contributed by atoms with van der Waals surface area (Å²) in [6, 6.07) is 16.7. The summed E-state index contributed by atoms with van der Waals surface area (Å²) >= 11 is 0. The molecule has 0 amide bonds. The number of piperazine rings is 1. The Balaban J connectivity index is 1.24. The van der Waals surface area contributed by atoms with E-state index < -0.39 is 0 Å². The minimum absolute atomic E-state index is 0.797. The fraction of sp³-hybridized carbons (Fsp3) is 0.292. The van der Waals surface area contributed by atoms with Crippen LogP contribution in [0.4, 0.5) is 5.69 Å². The molecule has 0 spiro atoms. The van der Waals surface area contributed by atoms with Gasteiger partial charge in [-0.15, -0.1) is 0 Å². The lowest BCUT2D eigenvalue weighted by Crippen LogP contribution is -2.47. The minimum atomic E-state index is 0.797. The Kier molecular flexibility index (Phi) is 4.82. The number of hydrogen-bond acceptors (Lipinski definition) is 5. The topological polar surface area (TPSA) is 41.7 Å². The van der Waals surface area contributed by atoms with Crippen LogP contribution in [0.5, 0.6) is 5.75 Å². The van der Waals surface area contributed by atoms with Gasteiger partial charge in [0.1, 0.15) is 0 Å². The number of pyridine rings is 1. The first kappa shape index (κ1) is 18.0. The molecule has 1 aliphatic heterocycles. The summed E-state index contributed by atoms with van der Waals surface area (Å²) in [6.07, 6.45) is 4.74. The van der Waals surface area contributed by atoms with Crippen molar-refractivity contribution in [1.82, 2.24) is 9.88 Å². The van der Waals surface area contributed by atoms with E-state index in [-0.39, 0.29) is 0 Å². The number of rotatable bonds is 5. The second-order valence-corrected chi connectivity index (χ2v) is 7.53. The summed E-state index contributed by atoms with van der Waals surface area (Å²) < 4.78 is 11.2. The number of benzene rings is 2. The van der Waals surface area contributed by atoms with Crippen LogP contribution in [0, 0.1) is 0 Å². The molecule has 0 unspecified atom stereocenters. The predicted molar refractivity (Wildman–Crippen MR) is 117 cm³/mol. The Hall–Kier alpha value is -3.05. The van der Waals surface area contributed by atoms with Crippen LogP contribution >= 0.6 is 0 Å². The standard InChI is InChI=1S/C24H25N3O2/c1-28-22-9-3-7-20-19(17-29-24(20)22)10-12-26-13-15-27(16-14-26)21-8-2-5-18-6-4-11-25-23(18)21/h2-9,11,17H,10,12-16H2,1H3. The van der Waals surface area contributed by atoms with Gasteiger partial charge in [-0.05, 0) is 30.2 Å². The molecule has 3 heterocycles. The average Bonchev–Trinajstić information content (AvgIpc) is 3.21. The van der Waals surface area contributed by atoms with Crippen LogP contribution in [0.3, 0.4) is 0 Å². The van der Waals surface area contributed by atoms with E-state index in [4.69, 9.17) is 9.15 Å². The van der Waals surface area contributed by atoms with Crippen LogP contribution in [-0.2, 0) is 6.42 Å². The quantitative estimate of drug-likeness (QED) is 0.509. The van der Waals surface area contributed by atoms with E-state index in [2.05, 4.69) is 45.1 Å². The van der Waals surface area contributed by atoms with Gasteiger partial charge < -0.3 is 14.1 Å². The minimum Gasteiger partial charge on any atom is -0.493 e. The molecule has 5 nitrogen and oxygen atoms in total. The molecule has 2 aromatic carbocycles. The Morgan fingerprint density at radius 1 is 1.00 bits per heavy atom. The number of aromatic nitrogens is 1. The number of fused-ring (bicyclic) bond motifs is 2. The summed E-state index contributed by atoms with van der Waals surface area (Å²) in [5.74, 6) is 0.797. The van der Waals surface area contributed by atoms with Crippen LogP contribution in [0.25, 0.3) is 21.9 Å². The van der Waals surface area contributed by atoms with Crippen molar-refractivity contribution in [2.24, 2.45) is 0 Å². The summed E-state index contributed by atoms with van der Waals surface area (Å²) in [4.78, 5) is 9.61. The van der Waals surface area contributed by atoms with Gasteiger partial charge >= 0.3 is 0 Å². The second-order valence-electron chi connectivity index (χ2n) is 7.53. The maximum absolute atomic E-state index is 5.77. The molecule has 0 aliphatic carbocycles. The summed E-state index contributed by atoms with van der Waals surface area (Å²) in [6.45, 7) is 5.20. The van der Waals surface area contributed by atoms with Gasteiger partial charge in [0.05, 0.1) is 24.6 Å². The fourth-order valence-electron chi connectivity index (χ4n) is 4.27. The average molecular weight is 387 g/mol. The maximum Gasteiger partial charge on any atom is 0.175 e. The van der Waals surface area contributed by atoms with Gasteiger partial charge in [-0.25, -0.2) is 0 Å². The molecule has 4 aromatic rings. The van der Waals surface area contributed by atoms with Crippen LogP contribution in [-0.4, -0.2) is 49.7 Å². The first-order valence-electron chi connectivity index (χ1n) is 10.2. The lowest BCUT2D eigenvalue weighted by molar-refractivity contribution is 0.261. The molecule has 1 saturated heterocycles. The second kappa shape index (κ2) is 7.76. The third-order valence-corrected chi connectivity index (χ3v) is 5.89. The lowest BCUT2D eigenvalue weighted by Gasteiger charge is -2.36. The molecule has 148 valence electrons. The highest BCUT2D eigenvalue weighted by molar-refractivity contribution is 5.90. The number of ether oxygens (including phenoxy) is 1. The van der Waals surface area contributed by atoms with Crippen LogP contribution in [0.15, 0.2) is 65.4 Å². The van der Waals surface area contributed by atoms with Crippen LogP contribution in [0.1, 0.15) is 5.56 Å². The van der Waals surface area contributed by atoms with Gasteiger partial charge in [0.15, 0.2) is 11.3 Å². The van der Waals surface area contributed by atoms with E-state index in [1.165, 1.54) is 16.6 Å². The molecule has 1 aliphatic rings. The lowest BCUT2D eigenvalue weighted by atomic mass is 10.1. The molecule has 1 fully saturated rings. The van der Waals surface area contributed by atoms with E-state index in [9.17, 15) is 0 Å². The fourth-order valence-corrected chi connectivity index (χ4v) is 4.27. The third-order valence-electron chi connectivity index (χ3n) is 5.89. The summed E-state index contributed by atoms with van der Waals surface area (Å²) in [7, 11) is 1.68. The highest BCUT2D eigenvalue weighted by Crippen LogP contribution is 2.30. The zero-order valence-corrected chi connectivity index (χ0v) is 16.7. The molecule has 5 rings (SSSR count). The number of anilines is 1. The first-order valence-corrected chi connectivity index (χ1v) is 10.2. The van der Waals surface area contributed by atoms with Crippen molar-refractivity contribution in [3.63, 3.8) is 0 Å². The molecule has 0 N–H and O–H groups in total. The SMILES string of the molecule is COc1cccc2c(CCN3CCN(c4cccc5cccnc45)CC3)coc12. The summed E-state index contributed by atoms with van der Waals surface area (Å²) in [5, 5.41) is 2.36. The zero-order valence-electron chi connectivity index (χ0n) is 16.7. The van der Waals surface area contributed by atoms with Gasteiger partial charge in [-0.1, -0.05) is 30.3 Å². The molecular weight excluding hydrogens is 362 g/mol. The van der Waals surface area contributed by atoms with Gasteiger partial charge in [-0.3, -0.25) is 9.88 Å². The van der Waals surface area contributed by atoms with Crippen molar-refractivity contribution >= 4 is 27.6 Å². The molecule has 29 heavy (non-hydrogen) atoms. The smallest absolute Gasteiger partial charge is 0.175 e. The number of nitrogens with zero attached hydrogens (tertiary/aromatic N) is 3. The van der Waals surface area contributed by atoms with E-state index in [1.807, 2.05) is 30.7 Å². The molecule has 2 aromatic heterocycles. The highest BCUT2D eigenvalue weighted by Gasteiger charge is 2.19. The number of furan rings is 1. The molecule has 0 bridgehead atoms. The van der Waals surface area contributed by atoms with Crippen molar-refractivity contribution in [3.8, 4) is 5.75 Å². The van der Waals surface area contributed by atoms with Crippen molar-refractivity contribution in [3.05, 3.63) is 66.6 Å². The van der Waals surface area contributed by atoms with Crippen LogP contribution in [0.2, 0.25) is 0 Å². The van der Waals surface area contributed by atoms with Gasteiger partial charge in [0, 0.05) is 49.7 Å². The van der Waals surface area contributed by atoms with Gasteiger partial charge in [0.25, 0.3) is 0 Å². The van der Waals surface area contributed by atoms with Crippen LogP contribution < -0.4 is 9.64 Å². The van der Waals surface area contributed by atoms with Crippen molar-refractivity contribution in [2.75, 3.05) is 44.7 Å². The molecule has 0 radical (unpaired) electrons. The monoisotopic (exact) mass is 387 g/mol. The van der Waals surface area contributed by atoms with E-state index in [0.29, 0.717) is 0 Å². The Morgan fingerprint density at radius 3 is 2.69 bits per heavy atom. The predicted octanol–water partition coefficient (Wildman–Crippen LogP) is 4.35. The first-order chi connectivity index (χ1) is 14.3. The Bertz CT molecular complexity index is 1120. The van der Waals surface area contributed by atoms with Gasteiger partial charge in [-0.2, -0.15) is 0 Å². The normalized spacial score (nSPS) is 15.3. The molecule has 5 heteroatoms. The number of para-hydroxylation sites is 2. The number of methoxy groups -OCH3 is 1. The van der Waals surface area contributed by atoms with Crippen molar-refractivity contribution in [1.29, 1.82) is 0 Å². The highest BCUT2D eigenvalue weighted by atomic mass is 16.5. The van der Waals surface area contributed by atoms with E-state index >= 15 is 0 Å². The Morgan fingerprint density at radius 2 is 1.83 bits per heavy atom. The molecular formula is C24H25N3O2. The third kappa shape index (κ3) is 3.42. The largest absolute Gasteiger partial charge is 0.493 e. The molecule has 0 saturated carbocycles. The van der Waals surface area contributed by atoms with E-state index in [1.54, 1.807) is 7.11 Å². The van der Waals surface area contributed by atoms with Crippen molar-refractivity contribution in [2.45, 2.75) is 6.42 Å². The Labute approximate surface area is 170 Å². The summed E-state index contributed by atoms with van der Waals surface area (Å²) in [5.41, 5.74) is 4.44. The van der Waals surface area contributed by atoms with E-state index in [0.717, 1.165) is 61.4 Å².